The molecule has 1 aromatic heterocycles. The van der Waals surface area contributed by atoms with Gasteiger partial charge in [0.15, 0.2) is 0 Å². The number of hydrogen-bond acceptors (Lipinski definition) is 2. The van der Waals surface area contributed by atoms with Crippen LogP contribution in [0.25, 0.3) is 11.3 Å². The Balaban J connectivity index is 2.45. The average Bonchev–Trinajstić information content (AvgIpc) is 2.77. The topological polar surface area (TPSA) is 43.8 Å². The van der Waals surface area contributed by atoms with E-state index in [1.165, 1.54) is 0 Å². The van der Waals surface area contributed by atoms with Crippen LogP contribution in [-0.2, 0) is 13.1 Å². The molecule has 0 aliphatic heterocycles. The predicted molar refractivity (Wildman–Crippen MR) is 66.2 cm³/mol. The van der Waals surface area contributed by atoms with Gasteiger partial charge < -0.3 is 5.73 Å². The van der Waals surface area contributed by atoms with Gasteiger partial charge >= 0.3 is 0 Å². The third-order valence-electron chi connectivity index (χ3n) is 2.58. The van der Waals surface area contributed by atoms with Gasteiger partial charge in [0.1, 0.15) is 0 Å². The summed E-state index contributed by atoms with van der Waals surface area (Å²) in [6, 6.07) is 7.91. The number of hydrogen-bond donors (Lipinski definition) is 1. The molecule has 0 radical (unpaired) electrons. The summed E-state index contributed by atoms with van der Waals surface area (Å²) >= 11 is 6.13. The van der Waals surface area contributed by atoms with Crippen LogP contribution < -0.4 is 5.73 Å². The molecule has 2 aromatic rings. The lowest BCUT2D eigenvalue weighted by Crippen LogP contribution is -2.00. The molecule has 0 aliphatic rings. The average molecular weight is 236 g/mol. The summed E-state index contributed by atoms with van der Waals surface area (Å²) in [6.07, 6.45) is 1.80. The SMILES string of the molecule is CCn1nccc1-c1ccc(CN)c(Cl)c1. The molecule has 0 bridgehead atoms. The van der Waals surface area contributed by atoms with Gasteiger partial charge in [-0.1, -0.05) is 23.7 Å². The van der Waals surface area contributed by atoms with E-state index in [1.54, 1.807) is 6.20 Å². The van der Waals surface area contributed by atoms with Gasteiger partial charge in [0.2, 0.25) is 0 Å². The molecule has 0 unspecified atom stereocenters. The molecule has 0 spiro atoms. The smallest absolute Gasteiger partial charge is 0.0682 e. The van der Waals surface area contributed by atoms with E-state index in [1.807, 2.05) is 28.9 Å². The van der Waals surface area contributed by atoms with E-state index in [4.69, 9.17) is 17.3 Å². The molecule has 2 N–H and O–H groups in total. The first kappa shape index (κ1) is 11.2. The third-order valence-corrected chi connectivity index (χ3v) is 2.94. The van der Waals surface area contributed by atoms with Gasteiger partial charge in [0.25, 0.3) is 0 Å². The summed E-state index contributed by atoms with van der Waals surface area (Å²) in [5.41, 5.74) is 8.69. The first-order valence-corrected chi connectivity index (χ1v) is 5.64. The summed E-state index contributed by atoms with van der Waals surface area (Å²) in [7, 11) is 0. The molecule has 0 aliphatic carbocycles. The van der Waals surface area contributed by atoms with Crippen LogP contribution in [-0.4, -0.2) is 9.78 Å². The maximum Gasteiger partial charge on any atom is 0.0682 e. The van der Waals surface area contributed by atoms with E-state index in [0.717, 1.165) is 23.4 Å². The molecule has 84 valence electrons. The first-order valence-electron chi connectivity index (χ1n) is 5.27. The van der Waals surface area contributed by atoms with Crippen molar-refractivity contribution in [1.82, 2.24) is 9.78 Å². The van der Waals surface area contributed by atoms with Gasteiger partial charge in [-0.05, 0) is 24.6 Å². The zero-order chi connectivity index (χ0) is 11.5. The summed E-state index contributed by atoms with van der Waals surface area (Å²) in [4.78, 5) is 0. The predicted octanol–water partition coefficient (Wildman–Crippen LogP) is 2.68. The van der Waals surface area contributed by atoms with Crippen molar-refractivity contribution < 1.29 is 0 Å². The van der Waals surface area contributed by atoms with Gasteiger partial charge in [0.05, 0.1) is 5.69 Å². The summed E-state index contributed by atoms with van der Waals surface area (Å²) in [5, 5.41) is 4.94. The molecule has 0 fully saturated rings. The lowest BCUT2D eigenvalue weighted by molar-refractivity contribution is 0.667. The largest absolute Gasteiger partial charge is 0.326 e. The highest BCUT2D eigenvalue weighted by Gasteiger charge is 2.06. The molecule has 1 heterocycles. The molecular formula is C12H14ClN3. The third kappa shape index (κ3) is 1.96. The Labute approximate surface area is 99.8 Å². The summed E-state index contributed by atoms with van der Waals surface area (Å²) in [6.45, 7) is 3.37. The molecule has 0 saturated heterocycles. The van der Waals surface area contributed by atoms with Gasteiger partial charge in [-0.25, -0.2) is 0 Å². The van der Waals surface area contributed by atoms with Gasteiger partial charge in [-0.3, -0.25) is 4.68 Å². The van der Waals surface area contributed by atoms with Crippen molar-refractivity contribution in [2.45, 2.75) is 20.0 Å². The highest BCUT2D eigenvalue weighted by Crippen LogP contribution is 2.25. The zero-order valence-electron chi connectivity index (χ0n) is 9.15. The normalized spacial score (nSPS) is 10.7. The molecule has 16 heavy (non-hydrogen) atoms. The Morgan fingerprint density at radius 2 is 2.19 bits per heavy atom. The molecular weight excluding hydrogens is 222 g/mol. The van der Waals surface area contributed by atoms with Crippen molar-refractivity contribution >= 4 is 11.6 Å². The Kier molecular flexibility index (Phi) is 3.27. The number of rotatable bonds is 3. The summed E-state index contributed by atoms with van der Waals surface area (Å²) < 4.78 is 1.94. The second kappa shape index (κ2) is 4.68. The highest BCUT2D eigenvalue weighted by molar-refractivity contribution is 6.31. The van der Waals surface area contributed by atoms with Crippen LogP contribution in [0.15, 0.2) is 30.5 Å². The lowest BCUT2D eigenvalue weighted by atomic mass is 10.1. The number of nitrogens with two attached hydrogens (primary N) is 1. The quantitative estimate of drug-likeness (QED) is 0.889. The van der Waals surface area contributed by atoms with Crippen molar-refractivity contribution in [1.29, 1.82) is 0 Å². The molecule has 3 nitrogen and oxygen atoms in total. The number of aromatic nitrogens is 2. The van der Waals surface area contributed by atoms with E-state index in [2.05, 4.69) is 12.0 Å². The fourth-order valence-corrected chi connectivity index (χ4v) is 1.96. The van der Waals surface area contributed by atoms with Crippen molar-refractivity contribution in [3.63, 3.8) is 0 Å². The van der Waals surface area contributed by atoms with Crippen LogP contribution >= 0.6 is 11.6 Å². The molecule has 1 aromatic carbocycles. The van der Waals surface area contributed by atoms with Gasteiger partial charge in [-0.15, -0.1) is 0 Å². The van der Waals surface area contributed by atoms with Gasteiger partial charge in [0, 0.05) is 29.9 Å². The fraction of sp³-hybridized carbons (Fsp3) is 0.250. The maximum atomic E-state index is 6.13. The maximum absolute atomic E-state index is 6.13. The molecule has 4 heteroatoms. The number of nitrogens with zero attached hydrogens (tertiary/aromatic N) is 2. The van der Waals surface area contributed by atoms with Crippen molar-refractivity contribution in [2.75, 3.05) is 0 Å². The van der Waals surface area contributed by atoms with E-state index >= 15 is 0 Å². The van der Waals surface area contributed by atoms with E-state index in [0.29, 0.717) is 11.6 Å². The fourth-order valence-electron chi connectivity index (χ4n) is 1.70. The molecule has 2 rings (SSSR count). The Hall–Kier alpha value is -1.32. The van der Waals surface area contributed by atoms with Crippen LogP contribution in [0.1, 0.15) is 12.5 Å². The van der Waals surface area contributed by atoms with Crippen LogP contribution in [0.4, 0.5) is 0 Å². The lowest BCUT2D eigenvalue weighted by Gasteiger charge is -2.07. The summed E-state index contributed by atoms with van der Waals surface area (Å²) in [5.74, 6) is 0. The second-order valence-electron chi connectivity index (χ2n) is 3.54. The Morgan fingerprint density at radius 3 is 2.81 bits per heavy atom. The number of benzene rings is 1. The van der Waals surface area contributed by atoms with E-state index in [-0.39, 0.29) is 0 Å². The highest BCUT2D eigenvalue weighted by atomic mass is 35.5. The van der Waals surface area contributed by atoms with Crippen LogP contribution in [0.2, 0.25) is 5.02 Å². The van der Waals surface area contributed by atoms with Crippen LogP contribution in [0.5, 0.6) is 0 Å². The van der Waals surface area contributed by atoms with Crippen LogP contribution in [0.3, 0.4) is 0 Å². The zero-order valence-corrected chi connectivity index (χ0v) is 9.91. The van der Waals surface area contributed by atoms with E-state index in [9.17, 15) is 0 Å². The minimum absolute atomic E-state index is 0.464. The number of halogens is 1. The Bertz CT molecular complexity index is 491. The molecule has 0 atom stereocenters. The van der Waals surface area contributed by atoms with Gasteiger partial charge in [-0.2, -0.15) is 5.10 Å². The monoisotopic (exact) mass is 235 g/mol. The minimum Gasteiger partial charge on any atom is -0.326 e. The van der Waals surface area contributed by atoms with Crippen molar-refractivity contribution in [3.05, 3.63) is 41.0 Å². The first-order chi connectivity index (χ1) is 7.76. The second-order valence-corrected chi connectivity index (χ2v) is 3.95. The van der Waals surface area contributed by atoms with Crippen molar-refractivity contribution in [2.24, 2.45) is 5.73 Å². The standard InChI is InChI=1S/C12H14ClN3/c1-2-16-12(5-6-15-16)9-3-4-10(8-14)11(13)7-9/h3-7H,2,8,14H2,1H3. The minimum atomic E-state index is 0.464. The van der Waals surface area contributed by atoms with Crippen molar-refractivity contribution in [3.8, 4) is 11.3 Å². The molecule has 0 saturated carbocycles. The van der Waals surface area contributed by atoms with Crippen LogP contribution in [0, 0.1) is 0 Å². The number of aryl methyl sites for hydroxylation is 1. The molecule has 0 amide bonds. The Morgan fingerprint density at radius 1 is 1.38 bits per heavy atom. The van der Waals surface area contributed by atoms with E-state index < -0.39 is 0 Å².